The molecule has 0 heterocycles. The van der Waals surface area contributed by atoms with Crippen LogP contribution in [-0.4, -0.2) is 0 Å². The summed E-state index contributed by atoms with van der Waals surface area (Å²) in [6.45, 7) is 0. The summed E-state index contributed by atoms with van der Waals surface area (Å²) in [7, 11) is 0. The number of nitrogens with zero attached hydrogens (tertiary/aromatic N) is 1. The average molecular weight is 147 g/mol. The lowest BCUT2D eigenvalue weighted by Gasteiger charge is -2.20. The largest absolute Gasteiger partial charge is 0.193 e. The van der Waals surface area contributed by atoms with Gasteiger partial charge in [-0.2, -0.15) is 5.26 Å². The molecular weight excluding hydrogens is 134 g/mol. The summed E-state index contributed by atoms with van der Waals surface area (Å²) in [6.07, 6.45) is 10.6. The Labute approximate surface area is 67.7 Å². The van der Waals surface area contributed by atoms with Gasteiger partial charge in [0.1, 0.15) is 0 Å². The summed E-state index contributed by atoms with van der Waals surface area (Å²) in [5, 5.41) is 8.41. The highest BCUT2D eigenvalue weighted by Crippen LogP contribution is 2.54. The Morgan fingerprint density at radius 1 is 1.36 bits per heavy atom. The van der Waals surface area contributed by atoms with Crippen LogP contribution in [0.3, 0.4) is 0 Å². The molecule has 0 atom stereocenters. The predicted octanol–water partition coefficient (Wildman–Crippen LogP) is 2.65. The van der Waals surface area contributed by atoms with E-state index in [4.69, 9.17) is 5.26 Å². The molecule has 2 aliphatic rings. The Hall–Kier alpha value is -0.770. The maximum Gasteiger partial charge on any atom is 0.0908 e. The lowest BCUT2D eigenvalue weighted by atomic mass is 9.84. The van der Waals surface area contributed by atoms with E-state index >= 15 is 0 Å². The minimum absolute atomic E-state index is 0.459. The van der Waals surface area contributed by atoms with Crippen molar-refractivity contribution in [1.29, 1.82) is 5.26 Å². The highest BCUT2D eigenvalue weighted by molar-refractivity contribution is 5.14. The van der Waals surface area contributed by atoms with Gasteiger partial charge < -0.3 is 0 Å². The topological polar surface area (TPSA) is 23.8 Å². The summed E-state index contributed by atoms with van der Waals surface area (Å²) in [5.41, 5.74) is 0.459. The van der Waals surface area contributed by atoms with Gasteiger partial charge in [-0.3, -0.25) is 0 Å². The normalized spacial score (nSPS) is 41.5. The molecular formula is C10H13N. The van der Waals surface area contributed by atoms with Crippen molar-refractivity contribution >= 4 is 0 Å². The van der Waals surface area contributed by atoms with E-state index in [1.165, 1.54) is 32.1 Å². The first-order valence-electron chi connectivity index (χ1n) is 4.42. The third-order valence-corrected chi connectivity index (χ3v) is 3.31. The number of fused-ring (bicyclic) bond motifs is 2. The van der Waals surface area contributed by atoms with Gasteiger partial charge in [-0.05, 0) is 43.4 Å². The van der Waals surface area contributed by atoms with Crippen LogP contribution in [0.5, 0.6) is 0 Å². The first-order chi connectivity index (χ1) is 5.35. The van der Waals surface area contributed by atoms with Gasteiger partial charge in [0.2, 0.25) is 0 Å². The molecule has 0 unspecified atom stereocenters. The van der Waals surface area contributed by atoms with Gasteiger partial charge in [0, 0.05) is 6.08 Å². The van der Waals surface area contributed by atoms with Crippen LogP contribution in [0.15, 0.2) is 12.2 Å². The minimum Gasteiger partial charge on any atom is -0.193 e. The van der Waals surface area contributed by atoms with Crippen LogP contribution in [0.2, 0.25) is 0 Å². The average Bonchev–Trinajstić information content (AvgIpc) is 2.60. The van der Waals surface area contributed by atoms with E-state index in [-0.39, 0.29) is 0 Å². The van der Waals surface area contributed by atoms with Crippen LogP contribution in [0.1, 0.15) is 32.1 Å². The van der Waals surface area contributed by atoms with Gasteiger partial charge >= 0.3 is 0 Å². The zero-order valence-corrected chi connectivity index (χ0v) is 6.71. The molecule has 11 heavy (non-hydrogen) atoms. The van der Waals surface area contributed by atoms with Crippen molar-refractivity contribution in [2.24, 2.45) is 11.3 Å². The molecule has 0 aromatic rings. The molecule has 0 spiro atoms. The monoisotopic (exact) mass is 147 g/mol. The van der Waals surface area contributed by atoms with E-state index in [1.807, 2.05) is 0 Å². The molecule has 58 valence electrons. The van der Waals surface area contributed by atoms with Crippen molar-refractivity contribution in [3.05, 3.63) is 12.2 Å². The second-order valence-electron chi connectivity index (χ2n) is 3.97. The van der Waals surface area contributed by atoms with Crippen LogP contribution in [0.25, 0.3) is 0 Å². The van der Waals surface area contributed by atoms with Gasteiger partial charge in [0.15, 0.2) is 0 Å². The van der Waals surface area contributed by atoms with Crippen LogP contribution in [-0.2, 0) is 0 Å². The van der Waals surface area contributed by atoms with E-state index in [2.05, 4.69) is 12.1 Å². The summed E-state index contributed by atoms with van der Waals surface area (Å²) in [6, 6.07) is 2.09. The third kappa shape index (κ3) is 1.07. The number of allylic oxidation sites excluding steroid dienone is 2. The molecule has 2 aliphatic carbocycles. The van der Waals surface area contributed by atoms with Gasteiger partial charge in [0.25, 0.3) is 0 Å². The SMILES string of the molecule is N#CC=CC12CCC(CC1)C2. The van der Waals surface area contributed by atoms with Gasteiger partial charge in [0.05, 0.1) is 6.07 Å². The molecule has 0 aromatic heterocycles. The van der Waals surface area contributed by atoms with Gasteiger partial charge in [-0.1, -0.05) is 6.08 Å². The molecule has 1 heteroatoms. The van der Waals surface area contributed by atoms with Crippen molar-refractivity contribution in [3.8, 4) is 6.07 Å². The quantitative estimate of drug-likeness (QED) is 0.523. The van der Waals surface area contributed by atoms with Gasteiger partial charge in [-0.15, -0.1) is 0 Å². The Morgan fingerprint density at radius 2 is 2.09 bits per heavy atom. The van der Waals surface area contributed by atoms with Crippen LogP contribution in [0.4, 0.5) is 0 Å². The number of hydrogen-bond acceptors (Lipinski definition) is 1. The molecule has 0 radical (unpaired) electrons. The lowest BCUT2D eigenvalue weighted by Crippen LogP contribution is -2.09. The van der Waals surface area contributed by atoms with Crippen molar-refractivity contribution in [1.82, 2.24) is 0 Å². The molecule has 0 aromatic carbocycles. The maximum atomic E-state index is 8.41. The van der Waals surface area contributed by atoms with Crippen molar-refractivity contribution in [3.63, 3.8) is 0 Å². The zero-order valence-electron chi connectivity index (χ0n) is 6.71. The van der Waals surface area contributed by atoms with Crippen LogP contribution in [0, 0.1) is 22.7 Å². The van der Waals surface area contributed by atoms with Crippen molar-refractivity contribution in [2.75, 3.05) is 0 Å². The molecule has 0 aliphatic heterocycles. The first kappa shape index (κ1) is 6.91. The summed E-state index contributed by atoms with van der Waals surface area (Å²) in [5.74, 6) is 0.985. The standard InChI is InChI=1S/C10H13N/c11-7-1-4-10-5-2-9(8-10)3-6-10/h1,4,9H,2-3,5-6,8H2. The Balaban J connectivity index is 2.12. The van der Waals surface area contributed by atoms with E-state index in [1.54, 1.807) is 6.08 Å². The maximum absolute atomic E-state index is 8.41. The second kappa shape index (κ2) is 2.37. The van der Waals surface area contributed by atoms with E-state index < -0.39 is 0 Å². The Kier molecular flexibility index (Phi) is 1.49. The Morgan fingerprint density at radius 3 is 2.55 bits per heavy atom. The molecule has 0 saturated heterocycles. The molecule has 0 N–H and O–H groups in total. The fourth-order valence-corrected chi connectivity index (χ4v) is 2.68. The summed E-state index contributed by atoms with van der Waals surface area (Å²) in [4.78, 5) is 0. The summed E-state index contributed by atoms with van der Waals surface area (Å²) < 4.78 is 0. The van der Waals surface area contributed by atoms with E-state index in [0.717, 1.165) is 5.92 Å². The first-order valence-corrected chi connectivity index (χ1v) is 4.42. The smallest absolute Gasteiger partial charge is 0.0908 e. The molecule has 2 fully saturated rings. The highest BCUT2D eigenvalue weighted by Gasteiger charge is 2.42. The van der Waals surface area contributed by atoms with Crippen molar-refractivity contribution in [2.45, 2.75) is 32.1 Å². The van der Waals surface area contributed by atoms with Gasteiger partial charge in [-0.25, -0.2) is 0 Å². The van der Waals surface area contributed by atoms with E-state index in [9.17, 15) is 0 Å². The predicted molar refractivity (Wildman–Crippen MR) is 43.8 cm³/mol. The number of rotatable bonds is 1. The Bertz CT molecular complexity index is 214. The zero-order chi connectivity index (χ0) is 7.73. The molecule has 2 bridgehead atoms. The lowest BCUT2D eigenvalue weighted by molar-refractivity contribution is 0.384. The molecule has 0 amide bonds. The highest BCUT2D eigenvalue weighted by atomic mass is 14.5. The third-order valence-electron chi connectivity index (χ3n) is 3.31. The fourth-order valence-electron chi connectivity index (χ4n) is 2.68. The molecule has 1 nitrogen and oxygen atoms in total. The number of hydrogen-bond donors (Lipinski definition) is 0. The fraction of sp³-hybridized carbons (Fsp3) is 0.700. The van der Waals surface area contributed by atoms with E-state index in [0.29, 0.717) is 5.41 Å². The van der Waals surface area contributed by atoms with Crippen LogP contribution >= 0.6 is 0 Å². The summed E-state index contributed by atoms with van der Waals surface area (Å²) >= 11 is 0. The number of nitriles is 1. The second-order valence-corrected chi connectivity index (χ2v) is 3.97. The van der Waals surface area contributed by atoms with Crippen molar-refractivity contribution < 1.29 is 0 Å². The minimum atomic E-state index is 0.459. The molecule has 2 saturated carbocycles. The molecule has 2 rings (SSSR count). The van der Waals surface area contributed by atoms with Crippen LogP contribution < -0.4 is 0 Å².